The first-order valence-corrected chi connectivity index (χ1v) is 7.43. The molecule has 3 rings (SSSR count). The highest BCUT2D eigenvalue weighted by Crippen LogP contribution is 2.33. The topological polar surface area (TPSA) is 15.3 Å². The zero-order valence-corrected chi connectivity index (χ0v) is 11.4. The molecule has 18 heavy (non-hydrogen) atoms. The molecule has 1 saturated heterocycles. The normalized spacial score (nSPS) is 28.3. The Morgan fingerprint density at radius 2 is 2.00 bits per heavy atom. The van der Waals surface area contributed by atoms with Gasteiger partial charge in [-0.25, -0.2) is 0 Å². The van der Waals surface area contributed by atoms with Crippen molar-refractivity contribution >= 4 is 0 Å². The lowest BCUT2D eigenvalue weighted by atomic mass is 9.84. The number of nitrogens with zero attached hydrogens (tertiary/aromatic N) is 1. The first-order chi connectivity index (χ1) is 8.88. The maximum atomic E-state index is 3.67. The van der Waals surface area contributed by atoms with Gasteiger partial charge in [-0.15, -0.1) is 0 Å². The lowest BCUT2D eigenvalue weighted by molar-refractivity contribution is 0.201. The molecule has 0 spiro atoms. The zero-order chi connectivity index (χ0) is 12.4. The van der Waals surface area contributed by atoms with Crippen molar-refractivity contribution in [3.63, 3.8) is 0 Å². The van der Waals surface area contributed by atoms with Crippen molar-refractivity contribution < 1.29 is 0 Å². The van der Waals surface area contributed by atoms with Crippen molar-refractivity contribution in [2.75, 3.05) is 19.6 Å². The van der Waals surface area contributed by atoms with Crippen molar-refractivity contribution in [1.82, 2.24) is 10.2 Å². The summed E-state index contributed by atoms with van der Waals surface area (Å²) >= 11 is 0. The Morgan fingerprint density at radius 3 is 2.78 bits per heavy atom. The van der Waals surface area contributed by atoms with Gasteiger partial charge >= 0.3 is 0 Å². The molecule has 0 saturated carbocycles. The zero-order valence-electron chi connectivity index (χ0n) is 11.4. The summed E-state index contributed by atoms with van der Waals surface area (Å²) in [5.74, 6) is 0. The fourth-order valence-electron chi connectivity index (χ4n) is 3.62. The van der Waals surface area contributed by atoms with E-state index in [0.29, 0.717) is 6.04 Å². The largest absolute Gasteiger partial charge is 0.310 e. The number of nitrogens with one attached hydrogen (secondary N) is 1. The molecule has 0 bridgehead atoms. The second-order valence-electron chi connectivity index (χ2n) is 5.65. The van der Waals surface area contributed by atoms with Crippen LogP contribution in [0.2, 0.25) is 0 Å². The molecule has 1 aliphatic carbocycles. The highest BCUT2D eigenvalue weighted by atomic mass is 15.2. The molecule has 0 amide bonds. The smallest absolute Gasteiger partial charge is 0.0337 e. The number of hydrogen-bond donors (Lipinski definition) is 1. The van der Waals surface area contributed by atoms with Crippen molar-refractivity contribution in [1.29, 1.82) is 0 Å². The Labute approximate surface area is 110 Å². The van der Waals surface area contributed by atoms with E-state index in [-0.39, 0.29) is 0 Å². The maximum Gasteiger partial charge on any atom is 0.0337 e. The average molecular weight is 244 g/mol. The minimum absolute atomic E-state index is 0.561. The molecule has 2 aliphatic rings. The Morgan fingerprint density at radius 1 is 1.22 bits per heavy atom. The molecule has 2 heteroatoms. The van der Waals surface area contributed by atoms with Crippen LogP contribution in [0, 0.1) is 0 Å². The minimum atomic E-state index is 0.561. The van der Waals surface area contributed by atoms with Crippen LogP contribution in [-0.4, -0.2) is 30.6 Å². The summed E-state index contributed by atoms with van der Waals surface area (Å²) in [6.45, 7) is 5.89. The summed E-state index contributed by atoms with van der Waals surface area (Å²) in [4.78, 5) is 2.71. The molecule has 98 valence electrons. The molecule has 1 aromatic rings. The van der Waals surface area contributed by atoms with Crippen LogP contribution in [0.15, 0.2) is 24.3 Å². The van der Waals surface area contributed by atoms with E-state index in [1.54, 1.807) is 5.56 Å². The van der Waals surface area contributed by atoms with E-state index in [4.69, 9.17) is 0 Å². The Bertz CT molecular complexity index is 396. The molecule has 1 aliphatic heterocycles. The lowest BCUT2D eigenvalue weighted by Crippen LogP contribution is -2.41. The first-order valence-electron chi connectivity index (χ1n) is 7.43. The van der Waals surface area contributed by atoms with E-state index in [9.17, 15) is 0 Å². The van der Waals surface area contributed by atoms with Crippen LogP contribution in [0.1, 0.15) is 43.4 Å². The third-order valence-corrected chi connectivity index (χ3v) is 4.50. The molecular weight excluding hydrogens is 220 g/mol. The van der Waals surface area contributed by atoms with Crippen LogP contribution < -0.4 is 5.32 Å². The Balaban J connectivity index is 1.82. The van der Waals surface area contributed by atoms with Crippen molar-refractivity contribution in [3.8, 4) is 0 Å². The van der Waals surface area contributed by atoms with E-state index < -0.39 is 0 Å². The van der Waals surface area contributed by atoms with Crippen LogP contribution in [0.25, 0.3) is 0 Å². The van der Waals surface area contributed by atoms with E-state index in [1.165, 1.54) is 44.3 Å². The highest BCUT2D eigenvalue weighted by Gasteiger charge is 2.30. The fraction of sp³-hybridized carbons (Fsp3) is 0.625. The fourth-order valence-corrected chi connectivity index (χ4v) is 3.62. The summed E-state index contributed by atoms with van der Waals surface area (Å²) in [6.07, 6.45) is 5.32. The van der Waals surface area contributed by atoms with E-state index >= 15 is 0 Å². The van der Waals surface area contributed by atoms with Crippen molar-refractivity contribution in [2.24, 2.45) is 0 Å². The van der Waals surface area contributed by atoms with E-state index in [0.717, 1.165) is 12.6 Å². The van der Waals surface area contributed by atoms with Crippen LogP contribution in [0.4, 0.5) is 0 Å². The summed E-state index contributed by atoms with van der Waals surface area (Å²) in [5.41, 5.74) is 3.10. The number of benzene rings is 1. The SMILES string of the molecule is CCNC1CC(N2CCCC2)Cc2ccccc21. The highest BCUT2D eigenvalue weighted by molar-refractivity contribution is 5.33. The summed E-state index contributed by atoms with van der Waals surface area (Å²) < 4.78 is 0. The predicted octanol–water partition coefficient (Wildman–Crippen LogP) is 2.75. The summed E-state index contributed by atoms with van der Waals surface area (Å²) in [5, 5.41) is 3.67. The number of fused-ring (bicyclic) bond motifs is 1. The third kappa shape index (κ3) is 2.32. The van der Waals surface area contributed by atoms with Gasteiger partial charge in [-0.3, -0.25) is 4.90 Å². The van der Waals surface area contributed by atoms with Gasteiger partial charge in [0, 0.05) is 12.1 Å². The van der Waals surface area contributed by atoms with Gasteiger partial charge in [-0.05, 0) is 56.4 Å². The Hall–Kier alpha value is -0.860. The van der Waals surface area contributed by atoms with Crippen molar-refractivity contribution in [2.45, 2.75) is 44.7 Å². The van der Waals surface area contributed by atoms with Gasteiger partial charge in [-0.2, -0.15) is 0 Å². The first kappa shape index (κ1) is 12.2. The van der Waals surface area contributed by atoms with Gasteiger partial charge < -0.3 is 5.32 Å². The predicted molar refractivity (Wildman–Crippen MR) is 75.8 cm³/mol. The van der Waals surface area contributed by atoms with Crippen LogP contribution in [-0.2, 0) is 6.42 Å². The second-order valence-corrected chi connectivity index (χ2v) is 5.65. The van der Waals surface area contributed by atoms with Crippen LogP contribution >= 0.6 is 0 Å². The molecule has 2 nitrogen and oxygen atoms in total. The number of hydrogen-bond acceptors (Lipinski definition) is 2. The second kappa shape index (κ2) is 5.41. The number of rotatable bonds is 3. The molecule has 0 radical (unpaired) electrons. The quantitative estimate of drug-likeness (QED) is 0.879. The molecule has 1 aromatic carbocycles. The molecule has 2 atom stereocenters. The van der Waals surface area contributed by atoms with Crippen LogP contribution in [0.5, 0.6) is 0 Å². The standard InChI is InChI=1S/C16H24N2/c1-2-17-16-12-14(18-9-5-6-10-18)11-13-7-3-4-8-15(13)16/h3-4,7-8,14,16-17H,2,5-6,9-12H2,1H3. The van der Waals surface area contributed by atoms with Crippen molar-refractivity contribution in [3.05, 3.63) is 35.4 Å². The molecule has 2 unspecified atom stereocenters. The van der Waals surface area contributed by atoms with E-state index in [2.05, 4.69) is 41.4 Å². The van der Waals surface area contributed by atoms with E-state index in [1.807, 2.05) is 0 Å². The molecule has 0 aromatic heterocycles. The van der Waals surface area contributed by atoms with Gasteiger partial charge in [0.2, 0.25) is 0 Å². The lowest BCUT2D eigenvalue weighted by Gasteiger charge is -2.37. The van der Waals surface area contributed by atoms with Gasteiger partial charge in [0.25, 0.3) is 0 Å². The maximum absolute atomic E-state index is 3.67. The Kier molecular flexibility index (Phi) is 3.67. The third-order valence-electron chi connectivity index (χ3n) is 4.50. The minimum Gasteiger partial charge on any atom is -0.310 e. The summed E-state index contributed by atoms with van der Waals surface area (Å²) in [6, 6.07) is 10.3. The molecular formula is C16H24N2. The summed E-state index contributed by atoms with van der Waals surface area (Å²) in [7, 11) is 0. The number of likely N-dealkylation sites (tertiary alicyclic amines) is 1. The molecule has 1 fully saturated rings. The average Bonchev–Trinajstić information content (AvgIpc) is 2.93. The monoisotopic (exact) mass is 244 g/mol. The molecule has 1 N–H and O–H groups in total. The van der Waals surface area contributed by atoms with Gasteiger partial charge in [0.05, 0.1) is 0 Å². The van der Waals surface area contributed by atoms with Crippen LogP contribution in [0.3, 0.4) is 0 Å². The molecule has 1 heterocycles. The van der Waals surface area contributed by atoms with Gasteiger partial charge in [0.15, 0.2) is 0 Å². The van der Waals surface area contributed by atoms with Gasteiger partial charge in [-0.1, -0.05) is 31.2 Å². The van der Waals surface area contributed by atoms with Gasteiger partial charge in [0.1, 0.15) is 0 Å².